The molecule has 0 amide bonds. The van der Waals surface area contributed by atoms with Gasteiger partial charge in [-0.3, -0.25) is 0 Å². The van der Waals surface area contributed by atoms with E-state index < -0.39 is 17.5 Å². The number of anilines is 9. The molecule has 0 aliphatic carbocycles. The Balaban J connectivity index is 1.37. The second kappa shape index (κ2) is 17.2. The van der Waals surface area contributed by atoms with Crippen molar-refractivity contribution in [1.82, 2.24) is 0 Å². The molecular formula is C68H68BN3. The van der Waals surface area contributed by atoms with Gasteiger partial charge in [0.25, 0.3) is 6.71 Å². The molecule has 9 aromatic carbocycles. The molecule has 2 heterocycles. The van der Waals surface area contributed by atoms with E-state index >= 15 is 0 Å². The van der Waals surface area contributed by atoms with Crippen LogP contribution in [0, 0.1) is 0 Å². The van der Waals surface area contributed by atoms with Crippen LogP contribution in [0.25, 0.3) is 21.9 Å². The Hall–Kier alpha value is -7.30. The zero-order valence-electron chi connectivity index (χ0n) is 51.8. The predicted octanol–water partition coefficient (Wildman–Crippen LogP) is 17.2. The van der Waals surface area contributed by atoms with E-state index in [4.69, 9.17) is 0 Å². The summed E-state index contributed by atoms with van der Waals surface area (Å²) < 4.78 is 79.3. The summed E-state index contributed by atoms with van der Waals surface area (Å²) in [5.74, 6) is 0. The van der Waals surface area contributed by atoms with Gasteiger partial charge in [-0.2, -0.15) is 0 Å². The lowest BCUT2D eigenvalue weighted by Crippen LogP contribution is -2.61. The summed E-state index contributed by atoms with van der Waals surface area (Å²) in [6.45, 7) is 24.1. The van der Waals surface area contributed by atoms with E-state index in [1.165, 1.54) is 0 Å². The minimum absolute atomic E-state index is 0.0945. The largest absolute Gasteiger partial charge is 0.311 e. The molecule has 3 nitrogen and oxygen atoms in total. The normalized spacial score (nSPS) is 15.0. The van der Waals surface area contributed by atoms with Crippen molar-refractivity contribution in [1.29, 1.82) is 0 Å². The summed E-state index contributed by atoms with van der Waals surface area (Å²) in [6.07, 6.45) is 0. The first-order chi connectivity index (χ1) is 37.6. The van der Waals surface area contributed by atoms with Gasteiger partial charge >= 0.3 is 0 Å². The van der Waals surface area contributed by atoms with Crippen molar-refractivity contribution >= 4 is 85.1 Å². The molecule has 72 heavy (non-hydrogen) atoms. The molecule has 11 rings (SSSR count). The average molecular weight is 946 g/mol. The van der Waals surface area contributed by atoms with Gasteiger partial charge in [0.15, 0.2) is 0 Å². The quantitative estimate of drug-likeness (QED) is 0.154. The fraction of sp³-hybridized carbons (Fsp3) is 0.235. The molecule has 0 spiro atoms. The molecule has 0 atom stereocenters. The smallest absolute Gasteiger partial charge is 0.252 e. The van der Waals surface area contributed by atoms with Crippen molar-refractivity contribution in [3.63, 3.8) is 0 Å². The molecule has 0 aromatic heterocycles. The van der Waals surface area contributed by atoms with Gasteiger partial charge in [0, 0.05) is 45.4 Å². The Morgan fingerprint density at radius 2 is 0.847 bits per heavy atom. The summed E-state index contributed by atoms with van der Waals surface area (Å²) in [6, 6.07) is 49.1. The summed E-state index contributed by atoms with van der Waals surface area (Å²) >= 11 is 0. The number of benzene rings is 9. The lowest BCUT2D eigenvalue weighted by Gasteiger charge is -2.45. The second-order valence-electron chi connectivity index (χ2n) is 23.7. The summed E-state index contributed by atoms with van der Waals surface area (Å²) in [4.78, 5) is 6.09. The summed E-state index contributed by atoms with van der Waals surface area (Å²) in [5.41, 5.74) is 10.3. The van der Waals surface area contributed by atoms with Crippen molar-refractivity contribution in [3.8, 4) is 11.1 Å². The van der Waals surface area contributed by atoms with Crippen LogP contribution in [-0.2, 0) is 21.7 Å². The van der Waals surface area contributed by atoms with E-state index in [2.05, 4.69) is 150 Å². The van der Waals surface area contributed by atoms with Gasteiger partial charge in [0.05, 0.1) is 22.3 Å². The zero-order valence-corrected chi connectivity index (χ0v) is 43.8. The van der Waals surface area contributed by atoms with Crippen molar-refractivity contribution in [3.05, 3.63) is 216 Å². The van der Waals surface area contributed by atoms with Crippen LogP contribution >= 0.6 is 0 Å². The fourth-order valence-electron chi connectivity index (χ4n) is 10.4. The molecule has 0 unspecified atom stereocenters. The van der Waals surface area contributed by atoms with Gasteiger partial charge in [-0.05, 0) is 143 Å². The highest BCUT2D eigenvalue weighted by Crippen LogP contribution is 2.50. The molecule has 9 aromatic rings. The number of hydrogen-bond donors (Lipinski definition) is 0. The predicted molar refractivity (Wildman–Crippen MR) is 313 cm³/mol. The van der Waals surface area contributed by atoms with Gasteiger partial charge in [-0.1, -0.05) is 210 Å². The second-order valence-corrected chi connectivity index (χ2v) is 23.7. The summed E-state index contributed by atoms with van der Waals surface area (Å²) in [7, 11) is 0. The molecular weight excluding hydrogens is 870 g/mol. The number of rotatable bonds is 6. The molecule has 0 saturated heterocycles. The van der Waals surface area contributed by atoms with E-state index in [1.54, 1.807) is 0 Å². The molecule has 0 fully saturated rings. The van der Waals surface area contributed by atoms with Crippen molar-refractivity contribution in [2.45, 2.75) is 105 Å². The van der Waals surface area contributed by atoms with Crippen molar-refractivity contribution in [2.24, 2.45) is 0 Å². The van der Waals surface area contributed by atoms with Gasteiger partial charge in [-0.15, -0.1) is 0 Å². The number of hydrogen-bond acceptors (Lipinski definition) is 3. The standard InChI is InChI=1S/C68H68BN3/c1-65(2,3)48-27-34-52(35-28-48)71-60-38-31-50(67(7,8)9)41-57(60)69-58-42-51(68(10,11)12)32-39-61(58)72(53-36-29-49(30-37-53)66(4,5)6)63-44-55(43-62(71)64(63)69)70(54-33-26-45-20-16-17-23-47(45)40-54)59-25-19-18-24-56(59)46-21-14-13-15-22-46/h13-44H,1-12H3/i27D,28D,29D,30D,34D,35D,36D,37D. The highest BCUT2D eigenvalue weighted by Gasteiger charge is 2.45. The topological polar surface area (TPSA) is 9.72 Å². The Bertz CT molecular complexity index is 3780. The molecule has 2 aliphatic rings. The van der Waals surface area contributed by atoms with Crippen LogP contribution in [0.5, 0.6) is 0 Å². The SMILES string of the molecule is [2H]c1c([2H])c(C(C)(C)C)c([2H])c([2H])c1N1c2ccc(C(C)(C)C)cc2B2c3cc(C(C)(C)C)ccc3N(c3c([2H])c([2H])c(C(C)(C)C)c([2H])c3[2H])c3cc(N(c4ccc5ccccc5c4)c4ccccc4-c4ccccc4)cc1c32. The lowest BCUT2D eigenvalue weighted by atomic mass is 9.33. The fourth-order valence-corrected chi connectivity index (χ4v) is 10.4. The lowest BCUT2D eigenvalue weighted by molar-refractivity contribution is 0.590. The van der Waals surface area contributed by atoms with Crippen LogP contribution in [-0.4, -0.2) is 6.71 Å². The summed E-state index contributed by atoms with van der Waals surface area (Å²) in [5, 5.41) is 2.09. The highest BCUT2D eigenvalue weighted by molar-refractivity contribution is 7.00. The van der Waals surface area contributed by atoms with E-state index in [9.17, 15) is 11.0 Å². The number of nitrogens with zero attached hydrogens (tertiary/aromatic N) is 3. The van der Waals surface area contributed by atoms with Crippen LogP contribution in [0.15, 0.2) is 194 Å². The minimum Gasteiger partial charge on any atom is -0.311 e. The Morgan fingerprint density at radius 3 is 1.35 bits per heavy atom. The molecule has 0 saturated carbocycles. The van der Waals surface area contributed by atoms with Crippen LogP contribution in [0.3, 0.4) is 0 Å². The third kappa shape index (κ3) is 8.29. The molecule has 4 heteroatoms. The van der Waals surface area contributed by atoms with Crippen LogP contribution < -0.4 is 31.1 Å². The zero-order chi connectivity index (χ0) is 57.4. The molecule has 2 aliphatic heterocycles. The first-order valence-electron chi connectivity index (χ1n) is 29.3. The van der Waals surface area contributed by atoms with Crippen LogP contribution in [0.1, 0.15) is 116 Å². The average Bonchev–Trinajstić information content (AvgIpc) is 3.45. The monoisotopic (exact) mass is 946 g/mol. The first kappa shape index (κ1) is 38.4. The third-order valence-corrected chi connectivity index (χ3v) is 14.4. The highest BCUT2D eigenvalue weighted by atomic mass is 15.2. The van der Waals surface area contributed by atoms with Gasteiger partial charge < -0.3 is 14.7 Å². The maximum atomic E-state index is 10.1. The molecule has 0 bridgehead atoms. The van der Waals surface area contributed by atoms with Crippen molar-refractivity contribution < 1.29 is 11.0 Å². The Labute approximate surface area is 441 Å². The van der Waals surface area contributed by atoms with Crippen LogP contribution in [0.2, 0.25) is 0 Å². The number of para-hydroxylation sites is 1. The molecule has 0 N–H and O–H groups in total. The first-order valence-corrected chi connectivity index (χ1v) is 25.3. The van der Waals surface area contributed by atoms with Crippen LogP contribution in [0.4, 0.5) is 51.2 Å². The van der Waals surface area contributed by atoms with Gasteiger partial charge in [-0.25, -0.2) is 0 Å². The van der Waals surface area contributed by atoms with E-state index in [1.807, 2.05) is 93.8 Å². The molecule has 358 valence electrons. The Morgan fingerprint density at radius 1 is 0.389 bits per heavy atom. The van der Waals surface area contributed by atoms with E-state index in [-0.39, 0.29) is 70.5 Å². The number of fused-ring (bicyclic) bond motifs is 5. The van der Waals surface area contributed by atoms with Crippen molar-refractivity contribution in [2.75, 3.05) is 14.7 Å². The van der Waals surface area contributed by atoms with E-state index in [0.717, 1.165) is 60.8 Å². The Kier molecular flexibility index (Phi) is 9.17. The molecule has 0 radical (unpaired) electrons. The maximum Gasteiger partial charge on any atom is 0.252 e. The van der Waals surface area contributed by atoms with Gasteiger partial charge in [0.1, 0.15) is 0 Å². The minimum atomic E-state index is -0.719. The van der Waals surface area contributed by atoms with E-state index in [0.29, 0.717) is 39.6 Å². The third-order valence-electron chi connectivity index (χ3n) is 14.4. The van der Waals surface area contributed by atoms with Gasteiger partial charge in [0.2, 0.25) is 0 Å². The maximum absolute atomic E-state index is 10.1.